The van der Waals surface area contributed by atoms with E-state index in [9.17, 15) is 0 Å². The van der Waals surface area contributed by atoms with E-state index in [1.807, 2.05) is 30.4 Å². The number of nitrogen functional groups attached to an aromatic ring is 1. The minimum atomic E-state index is 0.405. The zero-order chi connectivity index (χ0) is 14.9. The molecule has 2 aromatic carbocycles. The fourth-order valence-electron chi connectivity index (χ4n) is 2.51. The Morgan fingerprint density at radius 2 is 1.82 bits per heavy atom. The summed E-state index contributed by atoms with van der Waals surface area (Å²) in [4.78, 5) is 15.6. The first-order valence-corrected chi connectivity index (χ1v) is 6.93. The number of nitrogens with two attached hydrogens (primary N) is 1. The maximum absolute atomic E-state index is 5.80. The van der Waals surface area contributed by atoms with E-state index in [2.05, 4.69) is 44.2 Å². The maximum atomic E-state index is 5.80. The molecule has 0 spiro atoms. The first kappa shape index (κ1) is 12.5. The zero-order valence-electron chi connectivity index (χ0n) is 11.7. The Morgan fingerprint density at radius 1 is 0.955 bits per heavy atom. The van der Waals surface area contributed by atoms with E-state index in [0.717, 1.165) is 5.56 Å². The number of nitrogens with zero attached hydrogens (tertiary/aromatic N) is 3. The predicted octanol–water partition coefficient (Wildman–Crippen LogP) is 3.26. The van der Waals surface area contributed by atoms with Crippen molar-refractivity contribution >= 4 is 39.9 Å². The largest absolute Gasteiger partial charge is 0.382 e. The Hall–Kier alpha value is -3.21. The van der Waals surface area contributed by atoms with Crippen LogP contribution in [0.15, 0.2) is 48.8 Å². The lowest BCUT2D eigenvalue weighted by molar-refractivity contribution is 1.20. The van der Waals surface area contributed by atoms with Crippen LogP contribution in [0.4, 0.5) is 5.82 Å². The van der Waals surface area contributed by atoms with Crippen LogP contribution in [0, 0.1) is 0 Å². The molecule has 0 amide bonds. The van der Waals surface area contributed by atoms with E-state index < -0.39 is 0 Å². The van der Waals surface area contributed by atoms with E-state index in [0.29, 0.717) is 22.8 Å². The summed E-state index contributed by atoms with van der Waals surface area (Å²) in [7, 11) is 0. The minimum Gasteiger partial charge on any atom is -0.382 e. The molecule has 0 aliphatic carbocycles. The van der Waals surface area contributed by atoms with Crippen LogP contribution in [0.25, 0.3) is 34.1 Å². The molecular weight excluding hydrogens is 274 g/mol. The second-order valence-electron chi connectivity index (χ2n) is 4.98. The van der Waals surface area contributed by atoms with Crippen LogP contribution in [0.2, 0.25) is 0 Å². The number of fused-ring (bicyclic) bond motifs is 2. The summed E-state index contributed by atoms with van der Waals surface area (Å²) in [5.41, 5.74) is 8.18. The molecule has 0 fully saturated rings. The highest BCUT2D eigenvalue weighted by Gasteiger charge is 2.05. The normalized spacial score (nSPS) is 11.6. The van der Waals surface area contributed by atoms with Crippen LogP contribution in [-0.4, -0.2) is 19.9 Å². The molecule has 0 radical (unpaired) electrons. The number of hydrogen-bond acceptors (Lipinski definition) is 4. The van der Waals surface area contributed by atoms with Crippen LogP contribution in [0.5, 0.6) is 0 Å². The Morgan fingerprint density at radius 3 is 2.73 bits per heavy atom. The Bertz CT molecular complexity index is 995. The molecule has 0 atom stereocenters. The molecule has 0 aliphatic rings. The van der Waals surface area contributed by atoms with Crippen LogP contribution in [0.1, 0.15) is 11.4 Å². The van der Waals surface area contributed by atoms with Crippen molar-refractivity contribution in [1.82, 2.24) is 19.9 Å². The molecule has 2 heterocycles. The lowest BCUT2D eigenvalue weighted by atomic mass is 10.0. The predicted molar refractivity (Wildman–Crippen MR) is 89.0 cm³/mol. The smallest absolute Gasteiger partial charge is 0.183 e. The van der Waals surface area contributed by atoms with Gasteiger partial charge in [-0.1, -0.05) is 48.5 Å². The second kappa shape index (κ2) is 4.96. The average molecular weight is 287 g/mol. The summed E-state index contributed by atoms with van der Waals surface area (Å²) >= 11 is 0. The third-order valence-electron chi connectivity index (χ3n) is 3.58. The number of aromatic nitrogens is 4. The summed E-state index contributed by atoms with van der Waals surface area (Å²) in [6, 6.07) is 14.5. The summed E-state index contributed by atoms with van der Waals surface area (Å²) in [5, 5.41) is 2.42. The number of H-pyrrole nitrogens is 1. The van der Waals surface area contributed by atoms with Gasteiger partial charge in [0, 0.05) is 0 Å². The van der Waals surface area contributed by atoms with Gasteiger partial charge in [0.05, 0.1) is 0 Å². The van der Waals surface area contributed by atoms with Crippen molar-refractivity contribution in [3.8, 4) is 0 Å². The monoisotopic (exact) mass is 287 g/mol. The first-order valence-electron chi connectivity index (χ1n) is 6.93. The summed E-state index contributed by atoms with van der Waals surface area (Å²) < 4.78 is 0. The molecule has 0 saturated carbocycles. The fourth-order valence-corrected chi connectivity index (χ4v) is 2.51. The van der Waals surface area contributed by atoms with Gasteiger partial charge in [-0.2, -0.15) is 0 Å². The zero-order valence-corrected chi connectivity index (χ0v) is 11.7. The highest BCUT2D eigenvalue weighted by molar-refractivity contribution is 5.93. The molecular formula is C17H13N5. The summed E-state index contributed by atoms with van der Waals surface area (Å²) in [5.74, 6) is 1.11. The number of rotatable bonds is 2. The second-order valence-corrected chi connectivity index (χ2v) is 4.98. The van der Waals surface area contributed by atoms with Crippen molar-refractivity contribution in [2.75, 3.05) is 5.73 Å². The molecule has 5 nitrogen and oxygen atoms in total. The number of hydrogen-bond donors (Lipinski definition) is 2. The van der Waals surface area contributed by atoms with Gasteiger partial charge < -0.3 is 10.7 Å². The van der Waals surface area contributed by atoms with Crippen molar-refractivity contribution in [2.45, 2.75) is 0 Å². The van der Waals surface area contributed by atoms with Gasteiger partial charge in [0.2, 0.25) is 0 Å². The SMILES string of the molecule is Nc1ncnc2nc(/C=C/c3cccc4ccccc34)[nH]c12. The highest BCUT2D eigenvalue weighted by Crippen LogP contribution is 2.21. The molecule has 0 aliphatic heterocycles. The van der Waals surface area contributed by atoms with Crippen molar-refractivity contribution in [2.24, 2.45) is 0 Å². The Labute approximate surface area is 126 Å². The third-order valence-corrected chi connectivity index (χ3v) is 3.58. The molecule has 0 saturated heterocycles. The third kappa shape index (κ3) is 2.09. The molecule has 106 valence electrons. The average Bonchev–Trinajstić information content (AvgIpc) is 2.97. The van der Waals surface area contributed by atoms with Gasteiger partial charge in [0.25, 0.3) is 0 Å². The maximum Gasteiger partial charge on any atom is 0.183 e. The van der Waals surface area contributed by atoms with E-state index in [1.165, 1.54) is 17.1 Å². The first-order chi connectivity index (χ1) is 10.8. The number of nitrogens with one attached hydrogen (secondary N) is 1. The summed E-state index contributed by atoms with van der Waals surface area (Å²) in [6.45, 7) is 0. The van der Waals surface area contributed by atoms with Crippen LogP contribution in [-0.2, 0) is 0 Å². The molecule has 0 bridgehead atoms. The number of imidazole rings is 1. The van der Waals surface area contributed by atoms with E-state index in [1.54, 1.807) is 0 Å². The molecule has 22 heavy (non-hydrogen) atoms. The molecule has 0 unspecified atom stereocenters. The molecule has 5 heteroatoms. The van der Waals surface area contributed by atoms with E-state index >= 15 is 0 Å². The van der Waals surface area contributed by atoms with Crippen LogP contribution < -0.4 is 5.73 Å². The number of anilines is 1. The van der Waals surface area contributed by atoms with Crippen molar-refractivity contribution in [1.29, 1.82) is 0 Å². The standard InChI is InChI=1S/C17H13N5/c18-16-15-17(20-10-19-16)22-14(21-15)9-8-12-6-3-5-11-4-1-2-7-13(11)12/h1-10H,(H3,18,19,20,21,22)/b9-8+. The lowest BCUT2D eigenvalue weighted by Gasteiger charge is -2.01. The lowest BCUT2D eigenvalue weighted by Crippen LogP contribution is -1.91. The van der Waals surface area contributed by atoms with Crippen LogP contribution >= 0.6 is 0 Å². The quantitative estimate of drug-likeness (QED) is 0.593. The van der Waals surface area contributed by atoms with E-state index in [-0.39, 0.29) is 0 Å². The molecule has 2 aromatic heterocycles. The van der Waals surface area contributed by atoms with E-state index in [4.69, 9.17) is 5.73 Å². The van der Waals surface area contributed by atoms with Gasteiger partial charge in [-0.25, -0.2) is 15.0 Å². The van der Waals surface area contributed by atoms with Gasteiger partial charge >= 0.3 is 0 Å². The van der Waals surface area contributed by atoms with Crippen LogP contribution in [0.3, 0.4) is 0 Å². The molecule has 3 N–H and O–H groups in total. The van der Waals surface area contributed by atoms with Gasteiger partial charge in [-0.15, -0.1) is 0 Å². The topological polar surface area (TPSA) is 80.5 Å². The van der Waals surface area contributed by atoms with Crippen molar-refractivity contribution in [3.05, 3.63) is 60.2 Å². The molecule has 4 rings (SSSR count). The Balaban J connectivity index is 1.77. The van der Waals surface area contributed by atoms with Gasteiger partial charge in [0.1, 0.15) is 17.7 Å². The van der Waals surface area contributed by atoms with Gasteiger partial charge in [0.15, 0.2) is 11.5 Å². The van der Waals surface area contributed by atoms with Gasteiger partial charge in [-0.05, 0) is 22.4 Å². The van der Waals surface area contributed by atoms with Crippen molar-refractivity contribution < 1.29 is 0 Å². The number of benzene rings is 2. The minimum absolute atomic E-state index is 0.405. The van der Waals surface area contributed by atoms with Gasteiger partial charge in [-0.3, -0.25) is 0 Å². The highest BCUT2D eigenvalue weighted by atomic mass is 15.0. The summed E-state index contributed by atoms with van der Waals surface area (Å²) in [6.07, 6.45) is 5.36. The molecule has 4 aromatic rings. The fraction of sp³-hybridized carbons (Fsp3) is 0. The number of aromatic amines is 1. The van der Waals surface area contributed by atoms with Crippen molar-refractivity contribution in [3.63, 3.8) is 0 Å². The Kier molecular flexibility index (Phi) is 2.83.